The molecule has 0 aliphatic rings. The lowest BCUT2D eigenvalue weighted by Gasteiger charge is -2.10. The summed E-state index contributed by atoms with van der Waals surface area (Å²) in [5, 5.41) is 5.98. The third kappa shape index (κ3) is 3.35. The maximum Gasteiger partial charge on any atom is 0.259 e. The van der Waals surface area contributed by atoms with Crippen molar-refractivity contribution in [3.8, 4) is 0 Å². The Morgan fingerprint density at radius 2 is 1.90 bits per heavy atom. The summed E-state index contributed by atoms with van der Waals surface area (Å²) in [6, 6.07) is 11.4. The first-order valence-electron chi connectivity index (χ1n) is 6.83. The smallest absolute Gasteiger partial charge is 0.259 e. The van der Waals surface area contributed by atoms with Gasteiger partial charge in [0.25, 0.3) is 5.91 Å². The van der Waals surface area contributed by atoms with Crippen molar-refractivity contribution < 1.29 is 4.79 Å². The van der Waals surface area contributed by atoms with E-state index < -0.39 is 0 Å². The normalized spacial score (nSPS) is 10.1. The Morgan fingerprint density at radius 3 is 2.55 bits per heavy atom. The summed E-state index contributed by atoms with van der Waals surface area (Å²) in [6.45, 7) is 4.80. The van der Waals surface area contributed by atoms with Crippen LogP contribution in [0, 0.1) is 0 Å². The van der Waals surface area contributed by atoms with Crippen molar-refractivity contribution >= 4 is 17.4 Å². The number of pyridine rings is 1. The average Bonchev–Trinajstić information content (AvgIpc) is 2.49. The summed E-state index contributed by atoms with van der Waals surface area (Å²) < 4.78 is 0. The van der Waals surface area contributed by atoms with E-state index in [9.17, 15) is 4.79 Å². The number of rotatable bonds is 5. The Labute approximate surface area is 119 Å². The fraction of sp³-hybridized carbons (Fsp3) is 0.250. The predicted molar refractivity (Wildman–Crippen MR) is 82.2 cm³/mol. The van der Waals surface area contributed by atoms with Crippen LogP contribution in [-0.4, -0.2) is 17.4 Å². The number of amides is 1. The van der Waals surface area contributed by atoms with Gasteiger partial charge in [0, 0.05) is 18.4 Å². The van der Waals surface area contributed by atoms with E-state index in [2.05, 4.69) is 22.5 Å². The number of carbonyl (C=O) groups excluding carboxylic acids is 1. The van der Waals surface area contributed by atoms with Gasteiger partial charge >= 0.3 is 0 Å². The molecule has 0 fully saturated rings. The Balaban J connectivity index is 2.15. The molecule has 2 rings (SSSR count). The third-order valence-corrected chi connectivity index (χ3v) is 3.02. The number of hydrogen-bond acceptors (Lipinski definition) is 3. The van der Waals surface area contributed by atoms with Gasteiger partial charge in [-0.25, -0.2) is 4.98 Å². The average molecular weight is 269 g/mol. The molecule has 0 spiro atoms. The van der Waals surface area contributed by atoms with Gasteiger partial charge in [0.05, 0.1) is 5.56 Å². The van der Waals surface area contributed by atoms with Crippen LogP contribution >= 0.6 is 0 Å². The summed E-state index contributed by atoms with van der Waals surface area (Å²) in [4.78, 5) is 16.5. The fourth-order valence-corrected chi connectivity index (χ4v) is 1.92. The third-order valence-electron chi connectivity index (χ3n) is 3.02. The minimum absolute atomic E-state index is 0.154. The zero-order valence-corrected chi connectivity index (χ0v) is 11.8. The largest absolute Gasteiger partial charge is 0.370 e. The molecule has 0 atom stereocenters. The van der Waals surface area contributed by atoms with E-state index in [0.717, 1.165) is 18.7 Å². The molecule has 4 nitrogen and oxygen atoms in total. The van der Waals surface area contributed by atoms with Crippen LogP contribution in [0.1, 0.15) is 29.8 Å². The molecular weight excluding hydrogens is 250 g/mol. The first-order chi connectivity index (χ1) is 9.74. The minimum Gasteiger partial charge on any atom is -0.370 e. The first kappa shape index (κ1) is 14.1. The van der Waals surface area contributed by atoms with Gasteiger partial charge in [0.1, 0.15) is 5.82 Å². The molecule has 104 valence electrons. The molecule has 0 unspecified atom stereocenters. The molecule has 0 saturated heterocycles. The molecule has 0 radical (unpaired) electrons. The minimum atomic E-state index is -0.154. The SMILES string of the molecule is CCNc1ncccc1C(=O)Nc1ccc(CC)cc1. The zero-order chi connectivity index (χ0) is 14.4. The van der Waals surface area contributed by atoms with Crippen molar-refractivity contribution in [2.75, 3.05) is 17.2 Å². The Morgan fingerprint density at radius 1 is 1.15 bits per heavy atom. The highest BCUT2D eigenvalue weighted by atomic mass is 16.1. The molecular formula is C16H19N3O. The quantitative estimate of drug-likeness (QED) is 0.875. The molecule has 0 aliphatic carbocycles. The van der Waals surface area contributed by atoms with Gasteiger partial charge in [-0.05, 0) is 43.2 Å². The van der Waals surface area contributed by atoms with E-state index in [-0.39, 0.29) is 5.91 Å². The lowest BCUT2D eigenvalue weighted by molar-refractivity contribution is 0.102. The van der Waals surface area contributed by atoms with E-state index in [1.165, 1.54) is 5.56 Å². The Hall–Kier alpha value is -2.36. The summed E-state index contributed by atoms with van der Waals surface area (Å²) in [5.74, 6) is 0.455. The molecule has 1 amide bonds. The summed E-state index contributed by atoms with van der Waals surface area (Å²) in [7, 11) is 0. The number of anilines is 2. The number of benzene rings is 1. The molecule has 4 heteroatoms. The van der Waals surface area contributed by atoms with Crippen molar-refractivity contribution in [3.05, 3.63) is 53.7 Å². The summed E-state index contributed by atoms with van der Waals surface area (Å²) in [6.07, 6.45) is 2.66. The highest BCUT2D eigenvalue weighted by Gasteiger charge is 2.11. The number of carbonyl (C=O) groups is 1. The highest BCUT2D eigenvalue weighted by Crippen LogP contribution is 2.15. The van der Waals surface area contributed by atoms with Crippen molar-refractivity contribution in [1.82, 2.24) is 4.98 Å². The summed E-state index contributed by atoms with van der Waals surface area (Å²) >= 11 is 0. The van der Waals surface area contributed by atoms with Gasteiger partial charge in [0.15, 0.2) is 0 Å². The maximum absolute atomic E-state index is 12.3. The van der Waals surface area contributed by atoms with Crippen LogP contribution in [0.3, 0.4) is 0 Å². The van der Waals surface area contributed by atoms with Crippen molar-refractivity contribution in [3.63, 3.8) is 0 Å². The topological polar surface area (TPSA) is 54.0 Å². The lowest BCUT2D eigenvalue weighted by atomic mass is 10.1. The monoisotopic (exact) mass is 269 g/mol. The number of nitrogens with one attached hydrogen (secondary N) is 2. The van der Waals surface area contributed by atoms with E-state index in [1.54, 1.807) is 18.3 Å². The van der Waals surface area contributed by atoms with Gasteiger partial charge in [-0.2, -0.15) is 0 Å². The molecule has 1 aromatic heterocycles. The first-order valence-corrected chi connectivity index (χ1v) is 6.83. The van der Waals surface area contributed by atoms with Gasteiger partial charge in [0.2, 0.25) is 0 Å². The van der Waals surface area contributed by atoms with E-state index in [4.69, 9.17) is 0 Å². The van der Waals surface area contributed by atoms with Gasteiger partial charge < -0.3 is 10.6 Å². The van der Waals surface area contributed by atoms with Crippen LogP contribution in [-0.2, 0) is 6.42 Å². The molecule has 0 aliphatic heterocycles. The number of aromatic nitrogens is 1. The number of aryl methyl sites for hydroxylation is 1. The van der Waals surface area contributed by atoms with E-state index in [1.807, 2.05) is 31.2 Å². The molecule has 20 heavy (non-hydrogen) atoms. The lowest BCUT2D eigenvalue weighted by Crippen LogP contribution is -2.15. The van der Waals surface area contributed by atoms with Gasteiger partial charge in [-0.3, -0.25) is 4.79 Å². The second-order valence-corrected chi connectivity index (χ2v) is 4.43. The highest BCUT2D eigenvalue weighted by molar-refractivity contribution is 6.07. The van der Waals surface area contributed by atoms with Crippen LogP contribution < -0.4 is 10.6 Å². The summed E-state index contributed by atoms with van der Waals surface area (Å²) in [5.41, 5.74) is 2.59. The second-order valence-electron chi connectivity index (χ2n) is 4.43. The molecule has 2 N–H and O–H groups in total. The molecule has 0 saturated carbocycles. The van der Waals surface area contributed by atoms with E-state index in [0.29, 0.717) is 11.4 Å². The molecule has 0 bridgehead atoms. The molecule has 1 aromatic carbocycles. The Bertz CT molecular complexity index is 579. The predicted octanol–water partition coefficient (Wildman–Crippen LogP) is 3.33. The van der Waals surface area contributed by atoms with Gasteiger partial charge in [-0.15, -0.1) is 0 Å². The second kappa shape index (κ2) is 6.70. The molecule has 2 aromatic rings. The van der Waals surface area contributed by atoms with Crippen molar-refractivity contribution in [1.29, 1.82) is 0 Å². The Kier molecular flexibility index (Phi) is 4.71. The van der Waals surface area contributed by atoms with Crippen LogP contribution in [0.15, 0.2) is 42.6 Å². The number of nitrogens with zero attached hydrogens (tertiary/aromatic N) is 1. The molecule has 1 heterocycles. The van der Waals surface area contributed by atoms with Crippen molar-refractivity contribution in [2.45, 2.75) is 20.3 Å². The van der Waals surface area contributed by atoms with Crippen LogP contribution in [0.2, 0.25) is 0 Å². The van der Waals surface area contributed by atoms with Crippen LogP contribution in [0.4, 0.5) is 11.5 Å². The standard InChI is InChI=1S/C16H19N3O/c1-3-12-7-9-13(10-8-12)19-16(20)14-6-5-11-18-15(14)17-4-2/h5-11H,3-4H2,1-2H3,(H,17,18)(H,19,20). The van der Waals surface area contributed by atoms with Gasteiger partial charge in [-0.1, -0.05) is 19.1 Å². The maximum atomic E-state index is 12.3. The zero-order valence-electron chi connectivity index (χ0n) is 11.8. The van der Waals surface area contributed by atoms with Crippen molar-refractivity contribution in [2.24, 2.45) is 0 Å². The van der Waals surface area contributed by atoms with E-state index >= 15 is 0 Å². The van der Waals surface area contributed by atoms with Crippen LogP contribution in [0.25, 0.3) is 0 Å². The fourth-order valence-electron chi connectivity index (χ4n) is 1.92. The number of hydrogen-bond donors (Lipinski definition) is 2. The van der Waals surface area contributed by atoms with Crippen LogP contribution in [0.5, 0.6) is 0 Å².